The molecule has 0 aromatic rings. The predicted molar refractivity (Wildman–Crippen MR) is 67.8 cm³/mol. The highest BCUT2D eigenvalue weighted by Gasteiger charge is 2.39. The Morgan fingerprint density at radius 2 is 1.78 bits per heavy atom. The van der Waals surface area contributed by atoms with Crippen molar-refractivity contribution in [2.45, 2.75) is 39.0 Å². The summed E-state index contributed by atoms with van der Waals surface area (Å²) in [5, 5.41) is 0. The second-order valence-electron chi connectivity index (χ2n) is 5.69. The minimum absolute atomic E-state index is 0.137. The molecule has 18 heavy (non-hydrogen) atoms. The summed E-state index contributed by atoms with van der Waals surface area (Å²) in [5.41, 5.74) is 0. The van der Waals surface area contributed by atoms with Crippen molar-refractivity contribution in [2.75, 3.05) is 20.2 Å². The highest BCUT2D eigenvalue weighted by molar-refractivity contribution is 5.81. The maximum Gasteiger partial charge on any atom is 0.310 e. The average Bonchev–Trinajstić information content (AvgIpc) is 2.80. The summed E-state index contributed by atoms with van der Waals surface area (Å²) in [7, 11) is 1.42. The van der Waals surface area contributed by atoms with Crippen LogP contribution in [0.2, 0.25) is 0 Å². The van der Waals surface area contributed by atoms with E-state index in [9.17, 15) is 9.59 Å². The minimum Gasteiger partial charge on any atom is -0.469 e. The Bertz CT molecular complexity index is 323. The molecule has 2 atom stereocenters. The van der Waals surface area contributed by atoms with Crippen molar-refractivity contribution < 1.29 is 14.3 Å². The van der Waals surface area contributed by atoms with Gasteiger partial charge in [0.25, 0.3) is 0 Å². The van der Waals surface area contributed by atoms with Crippen LogP contribution in [0, 0.1) is 17.8 Å². The number of hydrogen-bond acceptors (Lipinski definition) is 3. The summed E-state index contributed by atoms with van der Waals surface area (Å²) in [6.07, 6.45) is 5.63. The van der Waals surface area contributed by atoms with Gasteiger partial charge in [-0.25, -0.2) is 0 Å². The van der Waals surface area contributed by atoms with Crippen LogP contribution in [0.4, 0.5) is 0 Å². The quantitative estimate of drug-likeness (QED) is 0.705. The van der Waals surface area contributed by atoms with Crippen molar-refractivity contribution in [1.82, 2.24) is 4.90 Å². The molecule has 2 fully saturated rings. The van der Waals surface area contributed by atoms with Crippen LogP contribution < -0.4 is 0 Å². The lowest BCUT2D eigenvalue weighted by atomic mass is 9.88. The maximum atomic E-state index is 12.4. The van der Waals surface area contributed by atoms with Crippen molar-refractivity contribution in [3.05, 3.63) is 0 Å². The molecule has 2 rings (SSSR count). The molecule has 0 aromatic carbocycles. The molecule has 1 saturated heterocycles. The fourth-order valence-corrected chi connectivity index (χ4v) is 3.21. The van der Waals surface area contributed by atoms with Crippen molar-refractivity contribution >= 4 is 11.9 Å². The Hall–Kier alpha value is -1.06. The van der Waals surface area contributed by atoms with Gasteiger partial charge in [-0.3, -0.25) is 9.59 Å². The van der Waals surface area contributed by atoms with E-state index in [2.05, 4.69) is 0 Å². The molecule has 0 N–H and O–H groups in total. The molecule has 0 spiro atoms. The van der Waals surface area contributed by atoms with Gasteiger partial charge in [-0.05, 0) is 18.8 Å². The molecule has 102 valence electrons. The Labute approximate surface area is 109 Å². The number of carbonyl (C=O) groups is 2. The van der Waals surface area contributed by atoms with Crippen LogP contribution in [0.5, 0.6) is 0 Å². The van der Waals surface area contributed by atoms with Gasteiger partial charge in [-0.15, -0.1) is 0 Å². The van der Waals surface area contributed by atoms with Crippen LogP contribution in [-0.2, 0) is 14.3 Å². The molecule has 0 bridgehead atoms. The van der Waals surface area contributed by atoms with E-state index < -0.39 is 0 Å². The molecule has 1 aliphatic heterocycles. The molecule has 4 heteroatoms. The predicted octanol–water partition coefficient (Wildman–Crippen LogP) is 1.83. The number of carbonyl (C=O) groups excluding carboxylic acids is 2. The number of likely N-dealkylation sites (tertiary alicyclic amines) is 1. The third-order valence-electron chi connectivity index (χ3n) is 4.38. The van der Waals surface area contributed by atoms with Gasteiger partial charge in [0, 0.05) is 19.0 Å². The molecular formula is C14H23NO3. The molecule has 1 heterocycles. The van der Waals surface area contributed by atoms with Crippen molar-refractivity contribution in [1.29, 1.82) is 0 Å². The van der Waals surface area contributed by atoms with E-state index >= 15 is 0 Å². The Kier molecular flexibility index (Phi) is 4.25. The largest absolute Gasteiger partial charge is 0.469 e. The SMILES string of the molecule is COC(=O)C1CN(C(=O)C2CCCCC2)CC1C. The van der Waals surface area contributed by atoms with E-state index in [1.165, 1.54) is 26.4 Å². The van der Waals surface area contributed by atoms with Gasteiger partial charge in [0.15, 0.2) is 0 Å². The smallest absolute Gasteiger partial charge is 0.310 e. The number of rotatable bonds is 2. The van der Waals surface area contributed by atoms with E-state index in [1.54, 1.807) is 0 Å². The lowest BCUT2D eigenvalue weighted by Gasteiger charge is -2.26. The summed E-state index contributed by atoms with van der Waals surface area (Å²) < 4.78 is 4.80. The summed E-state index contributed by atoms with van der Waals surface area (Å²) in [6.45, 7) is 3.27. The molecule has 0 aromatic heterocycles. The number of methoxy groups -OCH3 is 1. The van der Waals surface area contributed by atoms with Gasteiger partial charge in [0.05, 0.1) is 13.0 Å². The van der Waals surface area contributed by atoms with Crippen molar-refractivity contribution in [3.8, 4) is 0 Å². The van der Waals surface area contributed by atoms with Crippen molar-refractivity contribution in [3.63, 3.8) is 0 Å². The van der Waals surface area contributed by atoms with Gasteiger partial charge in [0.1, 0.15) is 0 Å². The first kappa shape index (κ1) is 13.4. The number of hydrogen-bond donors (Lipinski definition) is 0. The first-order valence-electron chi connectivity index (χ1n) is 7.00. The Balaban J connectivity index is 1.94. The van der Waals surface area contributed by atoms with Crippen LogP contribution in [0.1, 0.15) is 39.0 Å². The minimum atomic E-state index is -0.179. The zero-order valence-electron chi connectivity index (χ0n) is 11.4. The monoisotopic (exact) mass is 253 g/mol. The molecule has 2 unspecified atom stereocenters. The van der Waals surface area contributed by atoms with E-state index in [1.807, 2.05) is 11.8 Å². The first-order chi connectivity index (χ1) is 8.63. The van der Waals surface area contributed by atoms with Crippen LogP contribution >= 0.6 is 0 Å². The summed E-state index contributed by atoms with van der Waals surface area (Å²) in [5.74, 6) is 0.351. The molecule has 4 nitrogen and oxygen atoms in total. The highest BCUT2D eigenvalue weighted by atomic mass is 16.5. The Morgan fingerprint density at radius 3 is 2.39 bits per heavy atom. The van der Waals surface area contributed by atoms with Crippen LogP contribution in [0.15, 0.2) is 0 Å². The Morgan fingerprint density at radius 1 is 1.11 bits per heavy atom. The second-order valence-corrected chi connectivity index (χ2v) is 5.69. The normalized spacial score (nSPS) is 29.3. The van der Waals surface area contributed by atoms with Crippen LogP contribution in [0.25, 0.3) is 0 Å². The highest BCUT2D eigenvalue weighted by Crippen LogP contribution is 2.30. The zero-order valence-corrected chi connectivity index (χ0v) is 11.4. The maximum absolute atomic E-state index is 12.4. The average molecular weight is 253 g/mol. The number of ether oxygens (including phenoxy) is 1. The number of amides is 1. The van der Waals surface area contributed by atoms with Gasteiger partial charge < -0.3 is 9.64 Å². The van der Waals surface area contributed by atoms with Crippen LogP contribution in [-0.4, -0.2) is 37.0 Å². The van der Waals surface area contributed by atoms with E-state index in [-0.39, 0.29) is 29.6 Å². The molecule has 1 aliphatic carbocycles. The number of nitrogens with zero attached hydrogens (tertiary/aromatic N) is 1. The second kappa shape index (κ2) is 5.72. The molecule has 0 radical (unpaired) electrons. The van der Waals surface area contributed by atoms with E-state index in [4.69, 9.17) is 4.74 Å². The molecule has 1 amide bonds. The lowest BCUT2D eigenvalue weighted by Crippen LogP contribution is -2.36. The topological polar surface area (TPSA) is 46.6 Å². The van der Waals surface area contributed by atoms with E-state index in [0.29, 0.717) is 13.1 Å². The fraction of sp³-hybridized carbons (Fsp3) is 0.857. The van der Waals surface area contributed by atoms with Gasteiger partial charge in [-0.1, -0.05) is 26.2 Å². The lowest BCUT2D eigenvalue weighted by molar-refractivity contribution is -0.146. The zero-order chi connectivity index (χ0) is 13.1. The summed E-state index contributed by atoms with van der Waals surface area (Å²) in [6, 6.07) is 0. The first-order valence-corrected chi connectivity index (χ1v) is 7.00. The standard InChI is InChI=1S/C14H23NO3/c1-10-8-15(9-12(10)14(17)18-2)13(16)11-6-4-3-5-7-11/h10-12H,3-9H2,1-2H3. The van der Waals surface area contributed by atoms with Gasteiger partial charge in [-0.2, -0.15) is 0 Å². The summed E-state index contributed by atoms with van der Waals surface area (Å²) in [4.78, 5) is 25.9. The summed E-state index contributed by atoms with van der Waals surface area (Å²) >= 11 is 0. The van der Waals surface area contributed by atoms with Gasteiger partial charge >= 0.3 is 5.97 Å². The van der Waals surface area contributed by atoms with Crippen molar-refractivity contribution in [2.24, 2.45) is 17.8 Å². The molecule has 1 saturated carbocycles. The third-order valence-corrected chi connectivity index (χ3v) is 4.38. The number of esters is 1. The van der Waals surface area contributed by atoms with E-state index in [0.717, 1.165) is 12.8 Å². The fourth-order valence-electron chi connectivity index (χ4n) is 3.21. The molecular weight excluding hydrogens is 230 g/mol. The van der Waals surface area contributed by atoms with Crippen LogP contribution in [0.3, 0.4) is 0 Å². The van der Waals surface area contributed by atoms with Gasteiger partial charge in [0.2, 0.25) is 5.91 Å². The third kappa shape index (κ3) is 2.68. The molecule has 2 aliphatic rings.